The molecule has 1 amide bonds. The average molecular weight is 326 g/mol. The Kier molecular flexibility index (Phi) is 5.22. The molecule has 2 rings (SSSR count). The molecule has 0 atom stereocenters. The van der Waals surface area contributed by atoms with Crippen molar-refractivity contribution in [3.05, 3.63) is 34.6 Å². The fraction of sp³-hybridized carbons (Fsp3) is 0.308. The third kappa shape index (κ3) is 3.75. The van der Waals surface area contributed by atoms with Crippen molar-refractivity contribution in [1.82, 2.24) is 14.8 Å². The molecule has 112 valence electrons. The van der Waals surface area contributed by atoms with Gasteiger partial charge >= 0.3 is 0 Å². The van der Waals surface area contributed by atoms with Crippen LogP contribution in [0.15, 0.2) is 23.4 Å². The van der Waals surface area contributed by atoms with Crippen LogP contribution in [0.1, 0.15) is 11.4 Å². The number of nitrogens with one attached hydrogen (secondary N) is 1. The quantitative estimate of drug-likeness (QED) is 0.821. The number of anilines is 1. The fourth-order valence-electron chi connectivity index (χ4n) is 1.71. The second-order valence-corrected chi connectivity index (χ2v) is 5.76. The first-order valence-electron chi connectivity index (χ1n) is 6.29. The van der Waals surface area contributed by atoms with Gasteiger partial charge in [-0.15, -0.1) is 10.2 Å². The van der Waals surface area contributed by atoms with E-state index < -0.39 is 0 Å². The summed E-state index contributed by atoms with van der Waals surface area (Å²) >= 11 is 7.33. The fourth-order valence-corrected chi connectivity index (χ4v) is 2.61. The van der Waals surface area contributed by atoms with Gasteiger partial charge in [-0.1, -0.05) is 29.4 Å². The molecule has 3 N–H and O–H groups in total. The molecule has 6 nitrogen and oxygen atoms in total. The Bertz CT molecular complexity index is 658. The first-order valence-corrected chi connectivity index (χ1v) is 7.65. The van der Waals surface area contributed by atoms with E-state index in [1.807, 2.05) is 20.0 Å². The highest BCUT2D eigenvalue weighted by Gasteiger charge is 2.11. The Morgan fingerprint density at radius 3 is 2.90 bits per heavy atom. The summed E-state index contributed by atoms with van der Waals surface area (Å²) in [5, 5.41) is 12.1. The molecule has 0 spiro atoms. The van der Waals surface area contributed by atoms with Gasteiger partial charge in [0.05, 0.1) is 12.3 Å². The zero-order valence-corrected chi connectivity index (χ0v) is 13.3. The molecule has 8 heteroatoms. The Hall–Kier alpha value is -1.57. The maximum absolute atomic E-state index is 12.0. The summed E-state index contributed by atoms with van der Waals surface area (Å²) in [6.07, 6.45) is 0. The molecule has 0 bridgehead atoms. The van der Waals surface area contributed by atoms with Crippen molar-refractivity contribution in [2.45, 2.75) is 18.6 Å². The molecule has 1 aromatic carbocycles. The standard InChI is InChI=1S/C13H16ClN5OS/c1-8-9(14)4-3-5-10(8)16-12(20)7-21-13-18-17-11(6-15)19(13)2/h3-5H,6-7,15H2,1-2H3,(H,16,20). The van der Waals surface area contributed by atoms with Gasteiger partial charge in [-0.3, -0.25) is 4.79 Å². The van der Waals surface area contributed by atoms with Crippen LogP contribution in [0.2, 0.25) is 5.02 Å². The van der Waals surface area contributed by atoms with Crippen LogP contribution in [0.4, 0.5) is 5.69 Å². The number of nitrogens with zero attached hydrogens (tertiary/aromatic N) is 3. The summed E-state index contributed by atoms with van der Waals surface area (Å²) < 4.78 is 1.78. The van der Waals surface area contributed by atoms with E-state index in [4.69, 9.17) is 17.3 Å². The minimum atomic E-state index is -0.123. The van der Waals surface area contributed by atoms with Crippen molar-refractivity contribution in [3.63, 3.8) is 0 Å². The number of thioether (sulfide) groups is 1. The monoisotopic (exact) mass is 325 g/mol. The maximum Gasteiger partial charge on any atom is 0.234 e. The third-order valence-corrected chi connectivity index (χ3v) is 4.41. The van der Waals surface area contributed by atoms with Gasteiger partial charge in [0.25, 0.3) is 0 Å². The van der Waals surface area contributed by atoms with E-state index in [2.05, 4.69) is 15.5 Å². The minimum Gasteiger partial charge on any atom is -0.325 e. The Morgan fingerprint density at radius 1 is 1.48 bits per heavy atom. The summed E-state index contributed by atoms with van der Waals surface area (Å²) in [5.74, 6) is 0.800. The Labute approximate surface area is 132 Å². The number of carbonyl (C=O) groups is 1. The van der Waals surface area contributed by atoms with Gasteiger partial charge in [0.1, 0.15) is 5.82 Å². The molecule has 0 unspecified atom stereocenters. The summed E-state index contributed by atoms with van der Waals surface area (Å²) in [6, 6.07) is 5.40. The van der Waals surface area contributed by atoms with Crippen LogP contribution in [0, 0.1) is 6.92 Å². The van der Waals surface area contributed by atoms with Crippen LogP contribution in [-0.4, -0.2) is 26.4 Å². The van der Waals surface area contributed by atoms with Crippen LogP contribution in [-0.2, 0) is 18.4 Å². The molecule has 0 radical (unpaired) electrons. The number of aromatic nitrogens is 3. The second-order valence-electron chi connectivity index (χ2n) is 4.41. The molecule has 0 saturated carbocycles. The first-order chi connectivity index (χ1) is 10.0. The van der Waals surface area contributed by atoms with E-state index in [1.165, 1.54) is 11.8 Å². The number of carbonyl (C=O) groups excluding carboxylic acids is 1. The predicted octanol–water partition coefficient (Wildman–Crippen LogP) is 1.97. The zero-order valence-electron chi connectivity index (χ0n) is 11.8. The SMILES string of the molecule is Cc1c(Cl)cccc1NC(=O)CSc1nnc(CN)n1C. The lowest BCUT2D eigenvalue weighted by atomic mass is 10.2. The Balaban J connectivity index is 1.96. The predicted molar refractivity (Wildman–Crippen MR) is 84.4 cm³/mol. The van der Waals surface area contributed by atoms with Gasteiger partial charge in [0.2, 0.25) is 5.91 Å². The van der Waals surface area contributed by atoms with Crippen LogP contribution >= 0.6 is 23.4 Å². The molecule has 0 saturated heterocycles. The maximum atomic E-state index is 12.0. The molecular weight excluding hydrogens is 310 g/mol. The van der Waals surface area contributed by atoms with Gasteiger partial charge in [-0.2, -0.15) is 0 Å². The summed E-state index contributed by atoms with van der Waals surface area (Å²) in [4.78, 5) is 12.0. The van der Waals surface area contributed by atoms with Gasteiger partial charge in [-0.25, -0.2) is 0 Å². The smallest absolute Gasteiger partial charge is 0.234 e. The number of nitrogens with two attached hydrogens (primary N) is 1. The summed E-state index contributed by atoms with van der Waals surface area (Å²) in [7, 11) is 1.82. The van der Waals surface area contributed by atoms with Crippen LogP contribution in [0.5, 0.6) is 0 Å². The van der Waals surface area contributed by atoms with Crippen LogP contribution in [0.25, 0.3) is 0 Å². The minimum absolute atomic E-state index is 0.123. The van der Waals surface area contributed by atoms with Gasteiger partial charge < -0.3 is 15.6 Å². The number of benzene rings is 1. The molecule has 0 aliphatic carbocycles. The van der Waals surface area contributed by atoms with Gasteiger partial charge in [0, 0.05) is 17.8 Å². The van der Waals surface area contributed by atoms with E-state index in [0.29, 0.717) is 28.2 Å². The average Bonchev–Trinajstić information content (AvgIpc) is 2.82. The van der Waals surface area contributed by atoms with E-state index in [9.17, 15) is 4.79 Å². The first kappa shape index (κ1) is 15.8. The molecular formula is C13H16ClN5OS. The lowest BCUT2D eigenvalue weighted by Gasteiger charge is -2.09. The van der Waals surface area contributed by atoms with E-state index in [1.54, 1.807) is 16.7 Å². The van der Waals surface area contributed by atoms with E-state index >= 15 is 0 Å². The summed E-state index contributed by atoms with van der Waals surface area (Å²) in [6.45, 7) is 2.18. The third-order valence-electron chi connectivity index (χ3n) is 2.98. The van der Waals surface area contributed by atoms with E-state index in [-0.39, 0.29) is 11.7 Å². The van der Waals surface area contributed by atoms with Crippen molar-refractivity contribution in [1.29, 1.82) is 0 Å². The zero-order chi connectivity index (χ0) is 15.4. The molecule has 1 aromatic heterocycles. The molecule has 2 aromatic rings. The molecule has 21 heavy (non-hydrogen) atoms. The number of rotatable bonds is 5. The lowest BCUT2D eigenvalue weighted by molar-refractivity contribution is -0.113. The molecule has 0 aliphatic heterocycles. The van der Waals surface area contributed by atoms with Crippen molar-refractivity contribution in [3.8, 4) is 0 Å². The van der Waals surface area contributed by atoms with Gasteiger partial charge in [0.15, 0.2) is 5.16 Å². The normalized spacial score (nSPS) is 10.7. The number of hydrogen-bond acceptors (Lipinski definition) is 5. The van der Waals surface area contributed by atoms with Gasteiger partial charge in [-0.05, 0) is 24.6 Å². The van der Waals surface area contributed by atoms with Crippen molar-refractivity contribution in [2.75, 3.05) is 11.1 Å². The lowest BCUT2D eigenvalue weighted by Crippen LogP contribution is -2.15. The van der Waals surface area contributed by atoms with Crippen molar-refractivity contribution < 1.29 is 4.79 Å². The largest absolute Gasteiger partial charge is 0.325 e. The number of hydrogen-bond donors (Lipinski definition) is 2. The highest BCUT2D eigenvalue weighted by molar-refractivity contribution is 7.99. The molecule has 0 aliphatic rings. The second kappa shape index (κ2) is 6.93. The highest BCUT2D eigenvalue weighted by atomic mass is 35.5. The topological polar surface area (TPSA) is 85.8 Å². The molecule has 1 heterocycles. The van der Waals surface area contributed by atoms with Crippen molar-refractivity contribution >= 4 is 35.0 Å². The van der Waals surface area contributed by atoms with E-state index in [0.717, 1.165) is 5.56 Å². The van der Waals surface area contributed by atoms with Crippen molar-refractivity contribution in [2.24, 2.45) is 12.8 Å². The van der Waals surface area contributed by atoms with Crippen LogP contribution in [0.3, 0.4) is 0 Å². The highest BCUT2D eigenvalue weighted by Crippen LogP contribution is 2.23. The Morgan fingerprint density at radius 2 is 2.24 bits per heavy atom. The number of amides is 1. The summed E-state index contributed by atoms with van der Waals surface area (Å²) in [5.41, 5.74) is 7.09. The molecule has 0 fully saturated rings. The van der Waals surface area contributed by atoms with Crippen LogP contribution < -0.4 is 11.1 Å². The number of halogens is 1.